The Morgan fingerprint density at radius 3 is 2.57 bits per heavy atom. The van der Waals surface area contributed by atoms with Crippen LogP contribution < -0.4 is 16.4 Å². The fourth-order valence-electron chi connectivity index (χ4n) is 1.04. The van der Waals surface area contributed by atoms with Crippen LogP contribution in [-0.2, 0) is 4.79 Å². The predicted octanol–water partition coefficient (Wildman–Crippen LogP) is -0.302. The van der Waals surface area contributed by atoms with Crippen molar-refractivity contribution in [2.24, 2.45) is 5.73 Å². The Balaban J connectivity index is 0.00000169. The van der Waals surface area contributed by atoms with Gasteiger partial charge in [-0.15, -0.1) is 12.4 Å². The summed E-state index contributed by atoms with van der Waals surface area (Å²) in [5, 5.41) is 4.78. The van der Waals surface area contributed by atoms with Crippen molar-refractivity contribution >= 4 is 36.1 Å². The lowest BCUT2D eigenvalue weighted by Crippen LogP contribution is -2.46. The minimum Gasteiger partial charge on any atom is -0.330 e. The highest BCUT2D eigenvalue weighted by atomic mass is 35.5. The number of halogens is 1. The third-order valence-corrected chi connectivity index (χ3v) is 3.08. The fraction of sp³-hybridized carbons (Fsp3) is 0.714. The van der Waals surface area contributed by atoms with E-state index in [-0.39, 0.29) is 18.3 Å². The van der Waals surface area contributed by atoms with E-state index in [0.717, 1.165) is 5.75 Å². The molecule has 1 rings (SSSR count). The average molecular weight is 240 g/mol. The van der Waals surface area contributed by atoms with Gasteiger partial charge < -0.3 is 11.1 Å². The largest absolute Gasteiger partial charge is 0.330 e. The van der Waals surface area contributed by atoms with Crippen molar-refractivity contribution in [2.45, 2.75) is 12.5 Å². The third-order valence-electron chi connectivity index (χ3n) is 1.77. The molecular weight excluding hydrogens is 226 g/mol. The molecule has 1 atom stereocenters. The molecule has 0 bridgehead atoms. The van der Waals surface area contributed by atoms with Crippen molar-refractivity contribution in [1.82, 2.24) is 10.6 Å². The van der Waals surface area contributed by atoms with Gasteiger partial charge in [-0.25, -0.2) is 4.79 Å². The maximum Gasteiger partial charge on any atom is 0.322 e. The highest BCUT2D eigenvalue weighted by Gasteiger charge is 2.41. The zero-order chi connectivity index (χ0) is 9.90. The second kappa shape index (κ2) is 5.43. The lowest BCUT2D eigenvalue weighted by molar-refractivity contribution is -0.122. The standard InChI is InChI=1S/C7H13N3O2S.ClH/c1-7(4-13-3-2-8)5(11)9-6(12)10-7;/h2-4,8H2,1H3,(H2,9,10,11,12);1H/t7-;/m1./s1. The third kappa shape index (κ3) is 3.04. The normalized spacial score (nSPS) is 25.3. The molecule has 0 aromatic heterocycles. The highest BCUT2D eigenvalue weighted by molar-refractivity contribution is 7.99. The summed E-state index contributed by atoms with van der Waals surface area (Å²) in [6.07, 6.45) is 0. The second-order valence-electron chi connectivity index (χ2n) is 3.08. The van der Waals surface area contributed by atoms with Gasteiger partial charge in [-0.1, -0.05) is 0 Å². The van der Waals surface area contributed by atoms with E-state index in [4.69, 9.17) is 5.73 Å². The molecule has 0 unspecified atom stereocenters. The Kier molecular flexibility index (Phi) is 5.25. The topological polar surface area (TPSA) is 84.2 Å². The number of nitrogens with two attached hydrogens (primary N) is 1. The van der Waals surface area contributed by atoms with E-state index >= 15 is 0 Å². The van der Waals surface area contributed by atoms with Gasteiger partial charge in [0, 0.05) is 18.1 Å². The number of carbonyl (C=O) groups is 2. The molecule has 0 aromatic carbocycles. The average Bonchev–Trinajstić information content (AvgIpc) is 2.27. The predicted molar refractivity (Wildman–Crippen MR) is 58.7 cm³/mol. The molecule has 14 heavy (non-hydrogen) atoms. The summed E-state index contributed by atoms with van der Waals surface area (Å²) in [4.78, 5) is 22.1. The van der Waals surface area contributed by atoms with Gasteiger partial charge in [0.25, 0.3) is 5.91 Å². The summed E-state index contributed by atoms with van der Waals surface area (Å²) in [6, 6.07) is -0.416. The molecule has 1 heterocycles. The Morgan fingerprint density at radius 1 is 1.50 bits per heavy atom. The molecule has 3 amide bonds. The number of amides is 3. The fourth-order valence-corrected chi connectivity index (χ4v) is 1.96. The maximum atomic E-state index is 11.3. The van der Waals surface area contributed by atoms with E-state index < -0.39 is 11.6 Å². The van der Waals surface area contributed by atoms with Crippen LogP contribution >= 0.6 is 24.2 Å². The number of nitrogens with one attached hydrogen (secondary N) is 2. The first-order chi connectivity index (χ1) is 6.08. The summed E-state index contributed by atoms with van der Waals surface area (Å²) in [6.45, 7) is 2.28. The number of thioether (sulfide) groups is 1. The minimum absolute atomic E-state index is 0. The lowest BCUT2D eigenvalue weighted by atomic mass is 10.1. The van der Waals surface area contributed by atoms with Gasteiger partial charge in [0.2, 0.25) is 0 Å². The van der Waals surface area contributed by atoms with E-state index in [2.05, 4.69) is 10.6 Å². The first-order valence-electron chi connectivity index (χ1n) is 4.00. The Morgan fingerprint density at radius 2 is 2.14 bits per heavy atom. The van der Waals surface area contributed by atoms with E-state index in [1.807, 2.05) is 0 Å². The van der Waals surface area contributed by atoms with Crippen LogP contribution in [0.4, 0.5) is 4.79 Å². The summed E-state index contributed by atoms with van der Waals surface area (Å²) >= 11 is 1.55. The van der Waals surface area contributed by atoms with Crippen LogP contribution in [-0.4, -0.2) is 35.5 Å². The Hall–Kier alpha value is -0.460. The van der Waals surface area contributed by atoms with Crippen molar-refractivity contribution in [1.29, 1.82) is 0 Å². The SMILES string of the molecule is C[C@]1(CSCCN)NC(=O)NC1=O.Cl. The number of rotatable bonds is 4. The molecule has 0 saturated carbocycles. The van der Waals surface area contributed by atoms with Gasteiger partial charge in [-0.05, 0) is 6.92 Å². The van der Waals surface area contributed by atoms with Crippen LogP contribution in [0.25, 0.3) is 0 Å². The van der Waals surface area contributed by atoms with E-state index in [0.29, 0.717) is 12.3 Å². The molecule has 82 valence electrons. The van der Waals surface area contributed by atoms with E-state index in [9.17, 15) is 9.59 Å². The zero-order valence-corrected chi connectivity index (χ0v) is 9.46. The lowest BCUT2D eigenvalue weighted by Gasteiger charge is -2.19. The summed E-state index contributed by atoms with van der Waals surface area (Å²) in [5.74, 6) is 1.09. The molecule has 0 spiro atoms. The molecule has 7 heteroatoms. The Bertz CT molecular complexity index is 239. The summed E-state index contributed by atoms with van der Waals surface area (Å²) in [7, 11) is 0. The molecule has 4 N–H and O–H groups in total. The van der Waals surface area contributed by atoms with E-state index in [1.165, 1.54) is 0 Å². The van der Waals surface area contributed by atoms with E-state index in [1.54, 1.807) is 18.7 Å². The first kappa shape index (κ1) is 13.5. The van der Waals surface area contributed by atoms with Crippen molar-refractivity contribution < 1.29 is 9.59 Å². The van der Waals surface area contributed by atoms with Gasteiger partial charge in [0.1, 0.15) is 5.54 Å². The van der Waals surface area contributed by atoms with Gasteiger partial charge in [-0.2, -0.15) is 11.8 Å². The highest BCUT2D eigenvalue weighted by Crippen LogP contribution is 2.16. The number of imide groups is 1. The molecule has 5 nitrogen and oxygen atoms in total. The quantitative estimate of drug-likeness (QED) is 0.465. The van der Waals surface area contributed by atoms with Crippen LogP contribution in [0.1, 0.15) is 6.92 Å². The molecule has 0 aliphatic carbocycles. The molecule has 0 aromatic rings. The van der Waals surface area contributed by atoms with Crippen molar-refractivity contribution in [3.8, 4) is 0 Å². The summed E-state index contributed by atoms with van der Waals surface area (Å²) in [5.41, 5.74) is 4.54. The monoisotopic (exact) mass is 239 g/mol. The molecule has 1 saturated heterocycles. The first-order valence-corrected chi connectivity index (χ1v) is 5.15. The number of hydrogen-bond acceptors (Lipinski definition) is 4. The number of hydrogen-bond donors (Lipinski definition) is 3. The van der Waals surface area contributed by atoms with Crippen LogP contribution in [0.5, 0.6) is 0 Å². The Labute approximate surface area is 93.0 Å². The smallest absolute Gasteiger partial charge is 0.322 e. The number of carbonyl (C=O) groups excluding carboxylic acids is 2. The molecule has 1 aliphatic rings. The number of urea groups is 1. The zero-order valence-electron chi connectivity index (χ0n) is 7.83. The van der Waals surface area contributed by atoms with Gasteiger partial charge in [-0.3, -0.25) is 10.1 Å². The second-order valence-corrected chi connectivity index (χ2v) is 4.19. The maximum absolute atomic E-state index is 11.3. The van der Waals surface area contributed by atoms with Crippen molar-refractivity contribution in [2.75, 3.05) is 18.1 Å². The van der Waals surface area contributed by atoms with Gasteiger partial charge in [0.05, 0.1) is 0 Å². The minimum atomic E-state index is -0.767. The van der Waals surface area contributed by atoms with Crippen LogP contribution in [0, 0.1) is 0 Å². The molecular formula is C7H14ClN3O2S. The van der Waals surface area contributed by atoms with Crippen LogP contribution in [0.2, 0.25) is 0 Å². The van der Waals surface area contributed by atoms with Crippen molar-refractivity contribution in [3.05, 3.63) is 0 Å². The van der Waals surface area contributed by atoms with Gasteiger partial charge >= 0.3 is 6.03 Å². The molecule has 1 fully saturated rings. The summed E-state index contributed by atoms with van der Waals surface area (Å²) < 4.78 is 0. The van der Waals surface area contributed by atoms with Crippen LogP contribution in [0.15, 0.2) is 0 Å². The van der Waals surface area contributed by atoms with Crippen molar-refractivity contribution in [3.63, 3.8) is 0 Å². The molecule has 1 aliphatic heterocycles. The molecule has 0 radical (unpaired) electrons. The van der Waals surface area contributed by atoms with Gasteiger partial charge in [0.15, 0.2) is 0 Å². The van der Waals surface area contributed by atoms with Crippen LogP contribution in [0.3, 0.4) is 0 Å².